The van der Waals surface area contributed by atoms with Crippen LogP contribution in [0.15, 0.2) is 0 Å². The quantitative estimate of drug-likeness (QED) is 0.633. The van der Waals surface area contributed by atoms with Gasteiger partial charge in [-0.1, -0.05) is 0 Å². The summed E-state index contributed by atoms with van der Waals surface area (Å²) < 4.78 is 0. The Kier molecular flexibility index (Phi) is 4.52. The highest BCUT2D eigenvalue weighted by atomic mass is 16.4. The van der Waals surface area contributed by atoms with Gasteiger partial charge in [0.15, 0.2) is 0 Å². The van der Waals surface area contributed by atoms with Crippen LogP contribution in [0.1, 0.15) is 26.2 Å². The van der Waals surface area contributed by atoms with Crippen molar-refractivity contribution in [1.82, 2.24) is 15.5 Å². The standard InChI is InChI=1S/C11H19N3O4/c1-3-12-8(15)7-14(2)10(18)13-11(9(16)17)5-4-6-11/h3-7H2,1-2H3,(H,12,15)(H,13,18)(H,16,17). The molecule has 0 atom stereocenters. The summed E-state index contributed by atoms with van der Waals surface area (Å²) >= 11 is 0. The third-order valence-electron chi connectivity index (χ3n) is 3.06. The second kappa shape index (κ2) is 5.70. The number of aliphatic carboxylic acids is 1. The molecule has 0 heterocycles. The summed E-state index contributed by atoms with van der Waals surface area (Å²) in [5, 5.41) is 14.1. The molecular weight excluding hydrogens is 238 g/mol. The first-order chi connectivity index (χ1) is 8.41. The van der Waals surface area contributed by atoms with Crippen LogP contribution in [-0.2, 0) is 9.59 Å². The van der Waals surface area contributed by atoms with Crippen molar-refractivity contribution in [2.24, 2.45) is 0 Å². The lowest BCUT2D eigenvalue weighted by atomic mass is 9.77. The lowest BCUT2D eigenvalue weighted by Crippen LogP contribution is -2.61. The molecule has 102 valence electrons. The van der Waals surface area contributed by atoms with Crippen LogP contribution in [0.2, 0.25) is 0 Å². The smallest absolute Gasteiger partial charge is 0.329 e. The zero-order chi connectivity index (χ0) is 13.8. The maximum atomic E-state index is 11.8. The van der Waals surface area contributed by atoms with Gasteiger partial charge in [-0.3, -0.25) is 4.79 Å². The molecule has 1 rings (SSSR count). The summed E-state index contributed by atoms with van der Waals surface area (Å²) in [7, 11) is 1.46. The number of likely N-dealkylation sites (N-methyl/N-ethyl adjacent to an activating group) is 2. The van der Waals surface area contributed by atoms with Gasteiger partial charge in [-0.15, -0.1) is 0 Å². The van der Waals surface area contributed by atoms with Crippen molar-refractivity contribution in [2.45, 2.75) is 31.7 Å². The largest absolute Gasteiger partial charge is 0.480 e. The van der Waals surface area contributed by atoms with E-state index in [0.717, 1.165) is 6.42 Å². The highest BCUT2D eigenvalue weighted by Gasteiger charge is 2.46. The zero-order valence-electron chi connectivity index (χ0n) is 10.7. The Morgan fingerprint density at radius 3 is 2.33 bits per heavy atom. The van der Waals surface area contributed by atoms with Gasteiger partial charge in [-0.05, 0) is 26.2 Å². The van der Waals surface area contributed by atoms with Gasteiger partial charge < -0.3 is 20.6 Å². The van der Waals surface area contributed by atoms with Gasteiger partial charge in [0.25, 0.3) is 0 Å². The molecule has 1 aliphatic rings. The van der Waals surface area contributed by atoms with Gasteiger partial charge in [-0.2, -0.15) is 0 Å². The van der Waals surface area contributed by atoms with Crippen LogP contribution < -0.4 is 10.6 Å². The summed E-state index contributed by atoms with van der Waals surface area (Å²) in [6.07, 6.45) is 1.65. The van der Waals surface area contributed by atoms with E-state index in [4.69, 9.17) is 5.11 Å². The van der Waals surface area contributed by atoms with Gasteiger partial charge in [0.2, 0.25) is 5.91 Å². The normalized spacial score (nSPS) is 16.3. The fourth-order valence-corrected chi connectivity index (χ4v) is 1.76. The average molecular weight is 257 g/mol. The summed E-state index contributed by atoms with van der Waals surface area (Å²) in [6, 6.07) is -0.539. The zero-order valence-corrected chi connectivity index (χ0v) is 10.7. The minimum Gasteiger partial charge on any atom is -0.480 e. The van der Waals surface area contributed by atoms with Crippen molar-refractivity contribution < 1.29 is 19.5 Å². The monoisotopic (exact) mass is 257 g/mol. The molecule has 0 unspecified atom stereocenters. The fraction of sp³-hybridized carbons (Fsp3) is 0.727. The molecular formula is C11H19N3O4. The van der Waals surface area contributed by atoms with E-state index in [0.29, 0.717) is 19.4 Å². The van der Waals surface area contributed by atoms with Crippen LogP contribution in [0.4, 0.5) is 4.79 Å². The highest BCUT2D eigenvalue weighted by molar-refractivity contribution is 5.89. The molecule has 1 fully saturated rings. The Bertz CT molecular complexity index is 352. The van der Waals surface area contributed by atoms with Crippen molar-refractivity contribution in [3.05, 3.63) is 0 Å². The van der Waals surface area contributed by atoms with Gasteiger partial charge in [0.05, 0.1) is 0 Å². The second-order valence-electron chi connectivity index (χ2n) is 4.48. The molecule has 1 saturated carbocycles. The number of nitrogens with one attached hydrogen (secondary N) is 2. The van der Waals surface area contributed by atoms with Crippen molar-refractivity contribution in [1.29, 1.82) is 0 Å². The minimum absolute atomic E-state index is 0.0879. The van der Waals surface area contributed by atoms with Gasteiger partial charge in [0.1, 0.15) is 12.1 Å². The summed E-state index contributed by atoms with van der Waals surface area (Å²) in [5.74, 6) is -1.29. The van der Waals surface area contributed by atoms with E-state index < -0.39 is 17.5 Å². The second-order valence-corrected chi connectivity index (χ2v) is 4.48. The highest BCUT2D eigenvalue weighted by Crippen LogP contribution is 2.32. The number of rotatable bonds is 5. The molecule has 1 aliphatic carbocycles. The van der Waals surface area contributed by atoms with Crippen molar-refractivity contribution >= 4 is 17.9 Å². The van der Waals surface area contributed by atoms with E-state index in [1.807, 2.05) is 0 Å². The molecule has 0 saturated heterocycles. The predicted octanol–water partition coefficient (Wildman–Crippen LogP) is -0.229. The molecule has 0 spiro atoms. The topological polar surface area (TPSA) is 98.7 Å². The number of nitrogens with zero attached hydrogens (tertiary/aromatic N) is 1. The molecule has 3 N–H and O–H groups in total. The number of amides is 3. The molecule has 0 aromatic heterocycles. The van der Waals surface area contributed by atoms with E-state index in [-0.39, 0.29) is 12.5 Å². The molecule has 0 radical (unpaired) electrons. The molecule has 0 aromatic rings. The molecule has 7 heteroatoms. The molecule has 0 aromatic carbocycles. The number of carboxylic acids is 1. The maximum Gasteiger partial charge on any atom is 0.329 e. The van der Waals surface area contributed by atoms with Crippen LogP contribution in [0.25, 0.3) is 0 Å². The van der Waals surface area contributed by atoms with Crippen molar-refractivity contribution in [3.63, 3.8) is 0 Å². The molecule has 0 bridgehead atoms. The average Bonchev–Trinajstić information content (AvgIpc) is 2.22. The summed E-state index contributed by atoms with van der Waals surface area (Å²) in [6.45, 7) is 2.19. The SMILES string of the molecule is CCNC(=O)CN(C)C(=O)NC1(C(=O)O)CCC1. The number of carbonyl (C=O) groups is 3. The van der Waals surface area contributed by atoms with E-state index in [2.05, 4.69) is 10.6 Å². The van der Waals surface area contributed by atoms with Gasteiger partial charge in [0, 0.05) is 13.6 Å². The number of urea groups is 1. The number of hydrogen-bond acceptors (Lipinski definition) is 3. The maximum absolute atomic E-state index is 11.8. The Balaban J connectivity index is 2.49. The molecule has 0 aliphatic heterocycles. The lowest BCUT2D eigenvalue weighted by molar-refractivity contribution is -0.148. The van der Waals surface area contributed by atoms with Crippen LogP contribution in [-0.4, -0.2) is 53.6 Å². The Hall–Kier alpha value is -1.79. The Labute approximate surface area is 106 Å². The molecule has 3 amide bonds. The first kappa shape index (κ1) is 14.3. The van der Waals surface area contributed by atoms with E-state index in [1.165, 1.54) is 11.9 Å². The number of carbonyl (C=O) groups excluding carboxylic acids is 2. The van der Waals surface area contributed by atoms with E-state index in [1.54, 1.807) is 6.92 Å². The summed E-state index contributed by atoms with van der Waals surface area (Å²) in [4.78, 5) is 35.3. The van der Waals surface area contributed by atoms with Crippen LogP contribution in [0.3, 0.4) is 0 Å². The predicted molar refractivity (Wildman–Crippen MR) is 64.1 cm³/mol. The van der Waals surface area contributed by atoms with E-state index >= 15 is 0 Å². The van der Waals surface area contributed by atoms with Crippen LogP contribution in [0.5, 0.6) is 0 Å². The van der Waals surface area contributed by atoms with Crippen LogP contribution in [0, 0.1) is 0 Å². The van der Waals surface area contributed by atoms with Crippen molar-refractivity contribution in [3.8, 4) is 0 Å². The van der Waals surface area contributed by atoms with E-state index in [9.17, 15) is 14.4 Å². The van der Waals surface area contributed by atoms with Crippen LogP contribution >= 0.6 is 0 Å². The minimum atomic E-state index is -1.15. The number of hydrogen-bond donors (Lipinski definition) is 3. The van der Waals surface area contributed by atoms with Crippen molar-refractivity contribution in [2.75, 3.05) is 20.1 Å². The number of carboxylic acid groups (broad SMARTS) is 1. The lowest BCUT2D eigenvalue weighted by Gasteiger charge is -2.39. The first-order valence-corrected chi connectivity index (χ1v) is 5.94. The first-order valence-electron chi connectivity index (χ1n) is 5.94. The van der Waals surface area contributed by atoms with Gasteiger partial charge >= 0.3 is 12.0 Å². The Morgan fingerprint density at radius 2 is 1.94 bits per heavy atom. The molecule has 18 heavy (non-hydrogen) atoms. The molecule has 7 nitrogen and oxygen atoms in total. The van der Waals surface area contributed by atoms with Gasteiger partial charge in [-0.25, -0.2) is 9.59 Å². The third-order valence-corrected chi connectivity index (χ3v) is 3.06. The summed E-state index contributed by atoms with van der Waals surface area (Å²) in [5.41, 5.74) is -1.15. The fourth-order valence-electron chi connectivity index (χ4n) is 1.76. The Morgan fingerprint density at radius 1 is 1.33 bits per heavy atom. The third kappa shape index (κ3) is 3.12.